The molecule has 92 valence electrons. The summed E-state index contributed by atoms with van der Waals surface area (Å²) in [4.78, 5) is 8.03. The van der Waals surface area contributed by atoms with E-state index in [1.807, 2.05) is 0 Å². The summed E-state index contributed by atoms with van der Waals surface area (Å²) in [5, 5.41) is 3.49. The molecule has 2 N–H and O–H groups in total. The van der Waals surface area contributed by atoms with Crippen LogP contribution in [0.25, 0.3) is 0 Å². The standard InChI is InChI=1S/C7H10F3N3O3/c8-7(9,10)4-14-2-1-5-12-6(3-15-11)16-13-5/h1-4,11H2. The molecule has 0 unspecified atom stereocenters. The maximum absolute atomic E-state index is 11.7. The third-order valence-corrected chi connectivity index (χ3v) is 1.45. The zero-order valence-electron chi connectivity index (χ0n) is 8.16. The molecule has 0 amide bonds. The first-order chi connectivity index (χ1) is 7.51. The molecule has 0 aromatic carbocycles. The first-order valence-electron chi connectivity index (χ1n) is 4.29. The lowest BCUT2D eigenvalue weighted by Crippen LogP contribution is -2.18. The number of ether oxygens (including phenoxy) is 1. The maximum atomic E-state index is 11.7. The van der Waals surface area contributed by atoms with Crippen molar-refractivity contribution in [1.82, 2.24) is 10.1 Å². The van der Waals surface area contributed by atoms with Crippen LogP contribution in [0.2, 0.25) is 0 Å². The molecule has 0 radical (unpaired) electrons. The largest absolute Gasteiger partial charge is 0.411 e. The monoisotopic (exact) mass is 241 g/mol. The Morgan fingerprint density at radius 3 is 2.75 bits per heavy atom. The number of hydrogen-bond acceptors (Lipinski definition) is 6. The van der Waals surface area contributed by atoms with Gasteiger partial charge in [0.25, 0.3) is 5.89 Å². The molecule has 1 rings (SSSR count). The maximum Gasteiger partial charge on any atom is 0.411 e. The van der Waals surface area contributed by atoms with Crippen molar-refractivity contribution in [2.75, 3.05) is 13.2 Å². The SMILES string of the molecule is NOCc1nc(CCOCC(F)(F)F)no1. The molecule has 0 aliphatic heterocycles. The van der Waals surface area contributed by atoms with Crippen LogP contribution in [-0.4, -0.2) is 29.5 Å². The minimum absolute atomic E-state index is 0.0452. The Kier molecular flexibility index (Phi) is 4.65. The molecule has 0 atom stereocenters. The van der Waals surface area contributed by atoms with Gasteiger partial charge in [0, 0.05) is 6.42 Å². The van der Waals surface area contributed by atoms with Gasteiger partial charge in [-0.3, -0.25) is 4.84 Å². The number of halogens is 3. The molecule has 0 bridgehead atoms. The van der Waals surface area contributed by atoms with Crippen molar-refractivity contribution < 1.29 is 27.3 Å². The van der Waals surface area contributed by atoms with Crippen LogP contribution in [0, 0.1) is 0 Å². The van der Waals surface area contributed by atoms with Crippen LogP contribution in [0.4, 0.5) is 13.2 Å². The Morgan fingerprint density at radius 2 is 2.12 bits per heavy atom. The molecule has 9 heteroatoms. The topological polar surface area (TPSA) is 83.4 Å². The number of nitrogens with zero attached hydrogens (tertiary/aromatic N) is 2. The van der Waals surface area contributed by atoms with E-state index in [2.05, 4.69) is 24.2 Å². The molecule has 1 heterocycles. The van der Waals surface area contributed by atoms with E-state index in [1.165, 1.54) is 0 Å². The summed E-state index contributed by atoms with van der Waals surface area (Å²) in [6.45, 7) is -1.47. The minimum atomic E-state index is -4.32. The predicted octanol–water partition coefficient (Wildman–Crippen LogP) is 0.581. The third-order valence-electron chi connectivity index (χ3n) is 1.45. The molecule has 6 nitrogen and oxygen atoms in total. The molecule has 1 aromatic rings. The van der Waals surface area contributed by atoms with E-state index in [1.54, 1.807) is 0 Å². The summed E-state index contributed by atoms with van der Waals surface area (Å²) in [7, 11) is 0. The number of nitrogens with two attached hydrogens (primary N) is 1. The van der Waals surface area contributed by atoms with Crippen LogP contribution in [0.5, 0.6) is 0 Å². The van der Waals surface area contributed by atoms with Crippen LogP contribution in [0.1, 0.15) is 11.7 Å². The second-order valence-corrected chi connectivity index (χ2v) is 2.83. The average Bonchev–Trinajstić information content (AvgIpc) is 2.60. The zero-order chi connectivity index (χ0) is 12.0. The highest BCUT2D eigenvalue weighted by Crippen LogP contribution is 2.14. The molecule has 1 aromatic heterocycles. The van der Waals surface area contributed by atoms with Gasteiger partial charge in [-0.05, 0) is 0 Å². The van der Waals surface area contributed by atoms with Crippen molar-refractivity contribution in [3.05, 3.63) is 11.7 Å². The van der Waals surface area contributed by atoms with Gasteiger partial charge in [0.15, 0.2) is 5.82 Å². The predicted molar refractivity (Wildman–Crippen MR) is 43.9 cm³/mol. The van der Waals surface area contributed by atoms with Gasteiger partial charge in [0.2, 0.25) is 0 Å². The molecule has 0 aliphatic carbocycles. The second kappa shape index (κ2) is 5.77. The average molecular weight is 241 g/mol. The Balaban J connectivity index is 2.21. The van der Waals surface area contributed by atoms with Crippen molar-refractivity contribution in [3.8, 4) is 0 Å². The van der Waals surface area contributed by atoms with Gasteiger partial charge < -0.3 is 9.26 Å². The fourth-order valence-corrected chi connectivity index (χ4v) is 0.873. The summed E-state index contributed by atoms with van der Waals surface area (Å²) in [5.41, 5.74) is 0. The first-order valence-corrected chi connectivity index (χ1v) is 4.29. The Bertz CT molecular complexity index is 315. The highest BCUT2D eigenvalue weighted by atomic mass is 19.4. The van der Waals surface area contributed by atoms with E-state index in [0.29, 0.717) is 0 Å². The summed E-state index contributed by atoms with van der Waals surface area (Å²) < 4.78 is 44.1. The summed E-state index contributed by atoms with van der Waals surface area (Å²) >= 11 is 0. The van der Waals surface area contributed by atoms with Gasteiger partial charge in [0.05, 0.1) is 6.61 Å². The van der Waals surface area contributed by atoms with Crippen molar-refractivity contribution >= 4 is 0 Å². The molecule has 16 heavy (non-hydrogen) atoms. The van der Waals surface area contributed by atoms with Crippen LogP contribution in [0.3, 0.4) is 0 Å². The molecule has 0 fully saturated rings. The molecule has 0 spiro atoms. The Labute approximate surface area is 88.5 Å². The quantitative estimate of drug-likeness (QED) is 0.579. The van der Waals surface area contributed by atoms with Crippen LogP contribution >= 0.6 is 0 Å². The van der Waals surface area contributed by atoms with E-state index in [-0.39, 0.29) is 31.3 Å². The second-order valence-electron chi connectivity index (χ2n) is 2.83. The summed E-state index contributed by atoms with van der Waals surface area (Å²) in [6.07, 6.45) is -4.19. The minimum Gasteiger partial charge on any atom is -0.372 e. The fraction of sp³-hybridized carbons (Fsp3) is 0.714. The van der Waals surface area contributed by atoms with Gasteiger partial charge >= 0.3 is 6.18 Å². The Morgan fingerprint density at radius 1 is 1.38 bits per heavy atom. The lowest BCUT2D eigenvalue weighted by Gasteiger charge is -2.05. The molecule has 0 saturated carbocycles. The van der Waals surface area contributed by atoms with Gasteiger partial charge in [-0.25, -0.2) is 5.90 Å². The molecule has 0 saturated heterocycles. The van der Waals surface area contributed by atoms with Crippen LogP contribution in [-0.2, 0) is 22.6 Å². The number of aromatic nitrogens is 2. The van der Waals surface area contributed by atoms with Crippen molar-refractivity contribution in [1.29, 1.82) is 0 Å². The third kappa shape index (κ3) is 5.05. The van der Waals surface area contributed by atoms with E-state index >= 15 is 0 Å². The van der Waals surface area contributed by atoms with E-state index < -0.39 is 12.8 Å². The van der Waals surface area contributed by atoms with E-state index in [4.69, 9.17) is 5.90 Å². The highest BCUT2D eigenvalue weighted by molar-refractivity contribution is 4.84. The number of rotatable bonds is 6. The normalized spacial score (nSPS) is 12.0. The lowest BCUT2D eigenvalue weighted by atomic mass is 10.4. The number of alkyl halides is 3. The van der Waals surface area contributed by atoms with Crippen LogP contribution < -0.4 is 5.90 Å². The zero-order valence-corrected chi connectivity index (χ0v) is 8.16. The number of hydrogen-bond donors (Lipinski definition) is 1. The van der Waals surface area contributed by atoms with Crippen LogP contribution in [0.15, 0.2) is 4.52 Å². The summed E-state index contributed by atoms with van der Waals surface area (Å²) in [5.74, 6) is 5.17. The van der Waals surface area contributed by atoms with Crippen molar-refractivity contribution in [2.24, 2.45) is 5.90 Å². The molecular weight excluding hydrogens is 231 g/mol. The van der Waals surface area contributed by atoms with Gasteiger partial charge in [-0.15, -0.1) is 0 Å². The van der Waals surface area contributed by atoms with Gasteiger partial charge in [0.1, 0.15) is 13.2 Å². The van der Waals surface area contributed by atoms with E-state index in [0.717, 1.165) is 0 Å². The fourth-order valence-electron chi connectivity index (χ4n) is 0.873. The highest BCUT2D eigenvalue weighted by Gasteiger charge is 2.27. The van der Waals surface area contributed by atoms with Crippen molar-refractivity contribution in [3.63, 3.8) is 0 Å². The Hall–Kier alpha value is -1.19. The van der Waals surface area contributed by atoms with E-state index in [9.17, 15) is 13.2 Å². The molecular formula is C7H10F3N3O3. The van der Waals surface area contributed by atoms with Gasteiger partial charge in [-0.1, -0.05) is 5.16 Å². The first kappa shape index (κ1) is 12.9. The van der Waals surface area contributed by atoms with Gasteiger partial charge in [-0.2, -0.15) is 18.2 Å². The summed E-state index contributed by atoms with van der Waals surface area (Å²) in [6, 6.07) is 0. The van der Waals surface area contributed by atoms with Crippen molar-refractivity contribution in [2.45, 2.75) is 19.2 Å². The lowest BCUT2D eigenvalue weighted by molar-refractivity contribution is -0.173. The smallest absolute Gasteiger partial charge is 0.372 e. The molecule has 0 aliphatic rings.